The number of carbonyl (C=O) groups excluding carboxylic acids is 1. The highest BCUT2D eigenvalue weighted by atomic mass is 32.2. The fraction of sp³-hybridized carbons (Fsp3) is 0.258. The van der Waals surface area contributed by atoms with Crippen LogP contribution in [0.4, 0.5) is 0 Å². The second kappa shape index (κ2) is 14.1. The Morgan fingerprint density at radius 1 is 1.05 bits per heavy atom. The third kappa shape index (κ3) is 7.56. The molecule has 202 valence electrons. The number of carboxylic acids is 1. The second-order valence-corrected chi connectivity index (χ2v) is 11.1. The van der Waals surface area contributed by atoms with Crippen LogP contribution in [0.5, 0.6) is 0 Å². The summed E-state index contributed by atoms with van der Waals surface area (Å²) in [6.45, 7) is 2.52. The lowest BCUT2D eigenvalue weighted by atomic mass is 9.92. The van der Waals surface area contributed by atoms with Gasteiger partial charge in [-0.1, -0.05) is 60.7 Å². The van der Waals surface area contributed by atoms with E-state index in [1.54, 1.807) is 23.3 Å². The zero-order chi connectivity index (χ0) is 27.6. The summed E-state index contributed by atoms with van der Waals surface area (Å²) in [7, 11) is 0. The number of carboxylic acid groups (broad SMARTS) is 1. The minimum absolute atomic E-state index is 0.350. The molecular weight excluding hydrogens is 528 g/mol. The van der Waals surface area contributed by atoms with Crippen LogP contribution in [0.1, 0.15) is 44.5 Å². The number of aromatic nitrogens is 1. The van der Waals surface area contributed by atoms with Gasteiger partial charge in [-0.2, -0.15) is 11.8 Å². The molecule has 0 spiro atoms. The van der Waals surface area contributed by atoms with Crippen LogP contribution in [0.2, 0.25) is 0 Å². The van der Waals surface area contributed by atoms with Crippen molar-refractivity contribution in [2.24, 2.45) is 0 Å². The lowest BCUT2D eigenvalue weighted by Gasteiger charge is -2.21. The van der Waals surface area contributed by atoms with Crippen molar-refractivity contribution >= 4 is 35.0 Å². The van der Waals surface area contributed by atoms with Gasteiger partial charge in [-0.25, -0.2) is 4.79 Å². The third-order valence-electron chi connectivity index (χ3n) is 6.47. The van der Waals surface area contributed by atoms with Gasteiger partial charge in [0.15, 0.2) is 0 Å². The number of hydrogen-bond donors (Lipinski definition) is 2. The van der Waals surface area contributed by atoms with E-state index in [1.807, 2.05) is 74.0 Å². The van der Waals surface area contributed by atoms with E-state index in [1.165, 1.54) is 16.9 Å². The predicted octanol–water partition coefficient (Wildman–Crippen LogP) is 6.40. The van der Waals surface area contributed by atoms with Crippen molar-refractivity contribution in [1.82, 2.24) is 10.3 Å². The predicted molar refractivity (Wildman–Crippen MR) is 159 cm³/mol. The smallest absolute Gasteiger partial charge is 0.326 e. The molecule has 1 unspecified atom stereocenters. The van der Waals surface area contributed by atoms with Gasteiger partial charge in [0, 0.05) is 11.8 Å². The summed E-state index contributed by atoms with van der Waals surface area (Å²) in [4.78, 5) is 30.5. The van der Waals surface area contributed by atoms with Gasteiger partial charge >= 0.3 is 5.97 Å². The first-order valence-electron chi connectivity index (χ1n) is 12.7. The number of ether oxygens (including phenoxy) is 1. The maximum absolute atomic E-state index is 13.4. The molecule has 0 saturated heterocycles. The molecule has 0 radical (unpaired) electrons. The lowest BCUT2D eigenvalue weighted by Crippen LogP contribution is -2.41. The Balaban J connectivity index is 1.69. The van der Waals surface area contributed by atoms with Gasteiger partial charge in [-0.05, 0) is 71.7 Å². The highest BCUT2D eigenvalue weighted by molar-refractivity contribution is 7.98. The molecule has 0 saturated carbocycles. The van der Waals surface area contributed by atoms with Crippen molar-refractivity contribution in [3.8, 4) is 11.1 Å². The van der Waals surface area contributed by atoms with Crippen LogP contribution in [0.15, 0.2) is 84.5 Å². The number of benzene rings is 3. The van der Waals surface area contributed by atoms with Crippen molar-refractivity contribution in [2.45, 2.75) is 31.9 Å². The number of nitrogens with one attached hydrogen (secondary N) is 1. The Bertz CT molecular complexity index is 1380. The summed E-state index contributed by atoms with van der Waals surface area (Å²) >= 11 is 3.07. The summed E-state index contributed by atoms with van der Waals surface area (Å²) in [5, 5.41) is 12.4. The van der Waals surface area contributed by atoms with Crippen LogP contribution in [-0.2, 0) is 16.0 Å². The van der Waals surface area contributed by atoms with Crippen LogP contribution in [0, 0.1) is 6.92 Å². The molecule has 3 aromatic carbocycles. The number of hydrogen-bond acceptors (Lipinski definition) is 6. The van der Waals surface area contributed by atoms with E-state index in [-0.39, 0.29) is 6.10 Å². The number of carbonyl (C=O) groups is 2. The van der Waals surface area contributed by atoms with Crippen molar-refractivity contribution in [1.29, 1.82) is 0 Å². The van der Waals surface area contributed by atoms with E-state index in [0.717, 1.165) is 33.6 Å². The minimum Gasteiger partial charge on any atom is -0.480 e. The summed E-state index contributed by atoms with van der Waals surface area (Å²) in [5.74, 6) is -0.811. The zero-order valence-electron chi connectivity index (χ0n) is 22.0. The number of rotatable bonds is 13. The summed E-state index contributed by atoms with van der Waals surface area (Å²) < 4.78 is 6.43. The number of nitrogens with zero attached hydrogens (tertiary/aromatic N) is 1. The number of thioether (sulfide) groups is 1. The Labute approximate surface area is 237 Å². The highest BCUT2D eigenvalue weighted by Gasteiger charge is 2.25. The van der Waals surface area contributed by atoms with E-state index < -0.39 is 17.9 Å². The van der Waals surface area contributed by atoms with Crippen molar-refractivity contribution in [2.75, 3.05) is 18.6 Å². The first kappa shape index (κ1) is 28.5. The van der Waals surface area contributed by atoms with Crippen LogP contribution in [0.25, 0.3) is 11.1 Å². The molecule has 2 atom stereocenters. The highest BCUT2D eigenvalue weighted by Crippen LogP contribution is 2.34. The van der Waals surface area contributed by atoms with Crippen LogP contribution in [0.3, 0.4) is 0 Å². The van der Waals surface area contributed by atoms with E-state index in [4.69, 9.17) is 4.74 Å². The molecule has 1 amide bonds. The van der Waals surface area contributed by atoms with Crippen LogP contribution in [-0.4, -0.2) is 46.6 Å². The maximum atomic E-state index is 13.4. The summed E-state index contributed by atoms with van der Waals surface area (Å²) in [5.41, 5.74) is 6.97. The average Bonchev–Trinajstić information content (AvgIpc) is 3.48. The lowest BCUT2D eigenvalue weighted by molar-refractivity contribution is -0.139. The van der Waals surface area contributed by atoms with Crippen molar-refractivity contribution in [3.05, 3.63) is 112 Å². The SMILES string of the molecule is CSCC[C@H](NC(=O)c1ccc(C(OCCc2ccccc2)c2cncs2)cc1-c1ccccc1C)C(=O)O. The largest absolute Gasteiger partial charge is 0.480 e. The fourth-order valence-electron chi connectivity index (χ4n) is 4.39. The number of aryl methyl sites for hydroxylation is 1. The third-order valence-corrected chi connectivity index (χ3v) is 7.93. The molecule has 1 aromatic heterocycles. The Morgan fingerprint density at radius 3 is 2.51 bits per heavy atom. The monoisotopic (exact) mass is 560 g/mol. The topological polar surface area (TPSA) is 88.5 Å². The summed E-state index contributed by atoms with van der Waals surface area (Å²) in [6, 6.07) is 22.8. The summed E-state index contributed by atoms with van der Waals surface area (Å²) in [6.07, 6.45) is 4.50. The molecule has 4 rings (SSSR count). The molecule has 0 aliphatic carbocycles. The molecule has 39 heavy (non-hydrogen) atoms. The molecule has 4 aromatic rings. The van der Waals surface area contributed by atoms with Gasteiger partial charge in [-0.3, -0.25) is 9.78 Å². The molecular formula is C31H32N2O4S2. The van der Waals surface area contributed by atoms with Gasteiger partial charge in [-0.15, -0.1) is 11.3 Å². The van der Waals surface area contributed by atoms with Crippen molar-refractivity contribution < 1.29 is 19.4 Å². The minimum atomic E-state index is -1.04. The molecule has 1 heterocycles. The van der Waals surface area contributed by atoms with Gasteiger partial charge < -0.3 is 15.2 Å². The first-order chi connectivity index (χ1) is 19.0. The van der Waals surface area contributed by atoms with E-state index >= 15 is 0 Å². The van der Waals surface area contributed by atoms with E-state index in [2.05, 4.69) is 22.4 Å². The van der Waals surface area contributed by atoms with E-state index in [0.29, 0.717) is 24.3 Å². The molecule has 8 heteroatoms. The Kier molecular flexibility index (Phi) is 10.3. The number of aliphatic carboxylic acids is 1. The normalized spacial score (nSPS) is 12.6. The standard InChI is InChI=1S/C31H32N2O4S2/c1-21-8-6-7-11-24(21)26-18-23(12-13-25(26)30(34)33-27(31(35)36)15-17-38-2)29(28-19-32-20-39-28)37-16-14-22-9-4-3-5-10-22/h3-13,18-20,27,29H,14-17H2,1-2H3,(H,33,34)(H,35,36)/t27-,29?/m0/s1. The zero-order valence-corrected chi connectivity index (χ0v) is 23.6. The Hall–Kier alpha value is -3.46. The molecule has 0 bridgehead atoms. The Morgan fingerprint density at radius 2 is 1.82 bits per heavy atom. The average molecular weight is 561 g/mol. The number of amides is 1. The molecule has 6 nitrogen and oxygen atoms in total. The molecule has 0 aliphatic heterocycles. The quantitative estimate of drug-likeness (QED) is 0.197. The van der Waals surface area contributed by atoms with Crippen LogP contribution < -0.4 is 5.32 Å². The van der Waals surface area contributed by atoms with Gasteiger partial charge in [0.25, 0.3) is 5.91 Å². The first-order valence-corrected chi connectivity index (χ1v) is 15.0. The van der Waals surface area contributed by atoms with Crippen molar-refractivity contribution in [3.63, 3.8) is 0 Å². The van der Waals surface area contributed by atoms with Gasteiger partial charge in [0.2, 0.25) is 0 Å². The maximum Gasteiger partial charge on any atom is 0.326 e. The van der Waals surface area contributed by atoms with E-state index in [9.17, 15) is 14.7 Å². The fourth-order valence-corrected chi connectivity index (χ4v) is 5.55. The number of thiazole rings is 1. The molecule has 0 aliphatic rings. The molecule has 2 N–H and O–H groups in total. The molecule has 0 fully saturated rings. The van der Waals surface area contributed by atoms with Gasteiger partial charge in [0.1, 0.15) is 12.1 Å². The van der Waals surface area contributed by atoms with Crippen LogP contribution >= 0.6 is 23.1 Å². The van der Waals surface area contributed by atoms with Gasteiger partial charge in [0.05, 0.1) is 17.0 Å². The second-order valence-electron chi connectivity index (χ2n) is 9.16.